The predicted molar refractivity (Wildman–Crippen MR) is 63.4 cm³/mol. The number of aromatic nitrogens is 2. The van der Waals surface area contributed by atoms with E-state index in [1.165, 1.54) is 4.31 Å². The van der Waals surface area contributed by atoms with E-state index >= 15 is 0 Å². The molecular formula is C10H17N3O4S. The van der Waals surface area contributed by atoms with E-state index in [-0.39, 0.29) is 17.7 Å². The summed E-state index contributed by atoms with van der Waals surface area (Å²) in [7, 11) is -3.32. The molecule has 102 valence electrons. The number of hydrogen-bond acceptors (Lipinski definition) is 6. The molecule has 1 aliphatic heterocycles. The third-order valence-electron chi connectivity index (χ3n) is 2.97. The van der Waals surface area contributed by atoms with Crippen LogP contribution < -0.4 is 0 Å². The molecule has 0 unspecified atom stereocenters. The van der Waals surface area contributed by atoms with Crippen molar-refractivity contribution in [2.24, 2.45) is 0 Å². The largest absolute Gasteiger partial charge is 0.375 e. The van der Waals surface area contributed by atoms with E-state index in [1.807, 2.05) is 6.92 Å². The van der Waals surface area contributed by atoms with Gasteiger partial charge in [-0.1, -0.05) is 5.16 Å². The summed E-state index contributed by atoms with van der Waals surface area (Å²) in [6.07, 6.45) is -0.306. The zero-order valence-electron chi connectivity index (χ0n) is 10.7. The van der Waals surface area contributed by atoms with Crippen molar-refractivity contribution in [3.8, 4) is 0 Å². The predicted octanol–water partition coefficient (Wildman–Crippen LogP) is 0.490. The van der Waals surface area contributed by atoms with Crippen LogP contribution in [0, 0.1) is 6.92 Å². The van der Waals surface area contributed by atoms with E-state index in [1.54, 1.807) is 13.8 Å². The molecule has 7 nitrogen and oxygen atoms in total. The standard InChI is InChI=1S/C10H17N3O4S/c1-4-18(14,15)13-5-6-16-7(2)9(13)10-11-8(3)12-17-10/h7,9H,4-6H2,1-3H3/t7-,9+/m1/s1. The number of sulfonamides is 1. The first-order valence-electron chi connectivity index (χ1n) is 5.87. The summed E-state index contributed by atoms with van der Waals surface area (Å²) in [4.78, 5) is 4.12. The van der Waals surface area contributed by atoms with Crippen LogP contribution in [-0.2, 0) is 14.8 Å². The maximum absolute atomic E-state index is 12.1. The average Bonchev–Trinajstić information content (AvgIpc) is 2.75. The van der Waals surface area contributed by atoms with Crippen molar-refractivity contribution in [3.63, 3.8) is 0 Å². The van der Waals surface area contributed by atoms with Gasteiger partial charge in [-0.25, -0.2) is 8.42 Å². The number of aryl methyl sites for hydroxylation is 1. The summed E-state index contributed by atoms with van der Waals surface area (Å²) in [6, 6.07) is -0.537. The Balaban J connectivity index is 2.38. The third-order valence-corrected chi connectivity index (χ3v) is 4.82. The Morgan fingerprint density at radius 3 is 2.78 bits per heavy atom. The minimum Gasteiger partial charge on any atom is -0.375 e. The molecule has 8 heteroatoms. The Labute approximate surface area is 106 Å². The first-order valence-corrected chi connectivity index (χ1v) is 7.48. The second-order valence-corrected chi connectivity index (χ2v) is 6.42. The van der Waals surface area contributed by atoms with Gasteiger partial charge in [0.1, 0.15) is 6.04 Å². The minimum absolute atomic E-state index is 0.0450. The van der Waals surface area contributed by atoms with Crippen LogP contribution in [0.5, 0.6) is 0 Å². The van der Waals surface area contributed by atoms with Gasteiger partial charge in [0.15, 0.2) is 5.82 Å². The van der Waals surface area contributed by atoms with Gasteiger partial charge in [0, 0.05) is 6.54 Å². The third kappa shape index (κ3) is 2.40. The number of hydrogen-bond donors (Lipinski definition) is 0. The summed E-state index contributed by atoms with van der Waals surface area (Å²) in [5.74, 6) is 0.817. The highest BCUT2D eigenvalue weighted by Crippen LogP contribution is 2.30. The van der Waals surface area contributed by atoms with Gasteiger partial charge in [-0.15, -0.1) is 0 Å². The van der Waals surface area contributed by atoms with Gasteiger partial charge in [-0.2, -0.15) is 9.29 Å². The zero-order chi connectivity index (χ0) is 13.3. The number of ether oxygens (including phenoxy) is 1. The van der Waals surface area contributed by atoms with Gasteiger partial charge in [-0.05, 0) is 20.8 Å². The van der Waals surface area contributed by atoms with Crippen molar-refractivity contribution in [1.82, 2.24) is 14.4 Å². The van der Waals surface area contributed by atoms with Gasteiger partial charge >= 0.3 is 0 Å². The fraction of sp³-hybridized carbons (Fsp3) is 0.800. The van der Waals surface area contributed by atoms with Crippen LogP contribution in [0.2, 0.25) is 0 Å². The average molecular weight is 275 g/mol. The highest BCUT2D eigenvalue weighted by molar-refractivity contribution is 7.89. The normalized spacial score (nSPS) is 26.4. The lowest BCUT2D eigenvalue weighted by atomic mass is 10.1. The molecule has 0 saturated carbocycles. The number of nitrogens with zero attached hydrogens (tertiary/aromatic N) is 3. The lowest BCUT2D eigenvalue weighted by Crippen LogP contribution is -2.47. The highest BCUT2D eigenvalue weighted by atomic mass is 32.2. The molecule has 1 aromatic heterocycles. The number of rotatable bonds is 3. The van der Waals surface area contributed by atoms with Gasteiger partial charge in [0.25, 0.3) is 0 Å². The van der Waals surface area contributed by atoms with Crippen molar-refractivity contribution in [3.05, 3.63) is 11.7 Å². The molecule has 2 atom stereocenters. The van der Waals surface area contributed by atoms with Crippen molar-refractivity contribution in [2.45, 2.75) is 32.9 Å². The Kier molecular flexibility index (Phi) is 3.69. The molecule has 0 N–H and O–H groups in total. The Morgan fingerprint density at radius 1 is 1.50 bits per heavy atom. The molecule has 0 aromatic carbocycles. The lowest BCUT2D eigenvalue weighted by Gasteiger charge is -2.36. The van der Waals surface area contributed by atoms with E-state index in [4.69, 9.17) is 9.26 Å². The van der Waals surface area contributed by atoms with Crippen LogP contribution in [0.1, 0.15) is 31.6 Å². The van der Waals surface area contributed by atoms with Crippen molar-refractivity contribution >= 4 is 10.0 Å². The quantitative estimate of drug-likeness (QED) is 0.798. The molecule has 1 aromatic rings. The first kappa shape index (κ1) is 13.4. The Hall–Kier alpha value is -0.990. The van der Waals surface area contributed by atoms with E-state index in [9.17, 15) is 8.42 Å². The van der Waals surface area contributed by atoms with E-state index in [2.05, 4.69) is 10.1 Å². The van der Waals surface area contributed by atoms with Crippen LogP contribution in [0.15, 0.2) is 4.52 Å². The molecule has 1 saturated heterocycles. The van der Waals surface area contributed by atoms with Crippen LogP contribution >= 0.6 is 0 Å². The van der Waals surface area contributed by atoms with E-state index in [0.717, 1.165) is 0 Å². The first-order chi connectivity index (χ1) is 8.45. The van der Waals surface area contributed by atoms with Crippen LogP contribution in [0.3, 0.4) is 0 Å². The zero-order valence-corrected chi connectivity index (χ0v) is 11.5. The van der Waals surface area contributed by atoms with E-state index < -0.39 is 16.1 Å². The van der Waals surface area contributed by atoms with Crippen molar-refractivity contribution in [1.29, 1.82) is 0 Å². The van der Waals surface area contributed by atoms with Crippen LogP contribution in [0.4, 0.5) is 0 Å². The number of morpholine rings is 1. The SMILES string of the molecule is CCS(=O)(=O)N1CCO[C@H](C)[C@H]1c1nc(C)no1. The minimum atomic E-state index is -3.32. The molecule has 1 aliphatic rings. The maximum Gasteiger partial charge on any atom is 0.247 e. The fourth-order valence-corrected chi connectivity index (χ4v) is 3.32. The molecule has 0 radical (unpaired) electrons. The smallest absolute Gasteiger partial charge is 0.247 e. The molecule has 0 aliphatic carbocycles. The fourth-order valence-electron chi connectivity index (χ4n) is 2.03. The van der Waals surface area contributed by atoms with Crippen LogP contribution in [-0.4, -0.2) is 47.9 Å². The van der Waals surface area contributed by atoms with Crippen molar-refractivity contribution < 1.29 is 17.7 Å². The molecule has 18 heavy (non-hydrogen) atoms. The van der Waals surface area contributed by atoms with Crippen molar-refractivity contribution in [2.75, 3.05) is 18.9 Å². The summed E-state index contributed by atoms with van der Waals surface area (Å²) in [5, 5.41) is 3.71. The maximum atomic E-state index is 12.1. The molecule has 2 heterocycles. The van der Waals surface area contributed by atoms with Gasteiger partial charge in [0.2, 0.25) is 15.9 Å². The summed E-state index contributed by atoms with van der Waals surface area (Å²) in [6.45, 7) is 5.81. The van der Waals surface area contributed by atoms with Gasteiger partial charge in [-0.3, -0.25) is 0 Å². The monoisotopic (exact) mass is 275 g/mol. The molecule has 2 rings (SSSR count). The lowest BCUT2D eigenvalue weighted by molar-refractivity contribution is -0.0400. The molecule has 0 spiro atoms. The molecule has 0 amide bonds. The molecule has 0 bridgehead atoms. The second kappa shape index (κ2) is 4.94. The van der Waals surface area contributed by atoms with Gasteiger partial charge < -0.3 is 9.26 Å². The molecule has 1 fully saturated rings. The summed E-state index contributed by atoms with van der Waals surface area (Å²) >= 11 is 0. The van der Waals surface area contributed by atoms with E-state index in [0.29, 0.717) is 19.0 Å². The topological polar surface area (TPSA) is 85.5 Å². The molecular weight excluding hydrogens is 258 g/mol. The van der Waals surface area contributed by atoms with Crippen LogP contribution in [0.25, 0.3) is 0 Å². The van der Waals surface area contributed by atoms with Gasteiger partial charge in [0.05, 0.1) is 18.5 Å². The Morgan fingerprint density at radius 2 is 2.22 bits per heavy atom. The summed E-state index contributed by atoms with van der Waals surface area (Å²) < 4.78 is 36.1. The summed E-state index contributed by atoms with van der Waals surface area (Å²) in [5.41, 5.74) is 0. The second-order valence-electron chi connectivity index (χ2n) is 4.21. The Bertz CT molecular complexity index is 513. The highest BCUT2D eigenvalue weighted by Gasteiger charge is 2.40.